The second-order valence-corrected chi connectivity index (χ2v) is 5.11. The molecule has 0 unspecified atom stereocenters. The van der Waals surface area contributed by atoms with Crippen molar-refractivity contribution in [1.82, 2.24) is 4.90 Å². The maximum absolute atomic E-state index is 11.9. The topological polar surface area (TPSA) is 29.5 Å². The van der Waals surface area contributed by atoms with Crippen LogP contribution in [0.2, 0.25) is 0 Å². The van der Waals surface area contributed by atoms with Crippen molar-refractivity contribution in [1.29, 1.82) is 0 Å². The van der Waals surface area contributed by atoms with Gasteiger partial charge in [0.25, 0.3) is 0 Å². The van der Waals surface area contributed by atoms with Crippen molar-refractivity contribution in [3.8, 4) is 0 Å². The smallest absolute Gasteiger partial charge is 0.410 e. The van der Waals surface area contributed by atoms with Gasteiger partial charge in [-0.15, -0.1) is 0 Å². The highest BCUT2D eigenvalue weighted by atomic mass is 16.6. The molecule has 0 fully saturated rings. The lowest BCUT2D eigenvalue weighted by Crippen LogP contribution is -2.41. The van der Waals surface area contributed by atoms with E-state index < -0.39 is 5.60 Å². The molecule has 0 aromatic carbocycles. The van der Waals surface area contributed by atoms with Crippen molar-refractivity contribution in [2.24, 2.45) is 0 Å². The van der Waals surface area contributed by atoms with Gasteiger partial charge in [0, 0.05) is 12.6 Å². The highest BCUT2D eigenvalue weighted by Crippen LogP contribution is 2.11. The molecule has 0 saturated carbocycles. The Morgan fingerprint density at radius 3 is 2.06 bits per heavy atom. The Morgan fingerprint density at radius 2 is 1.72 bits per heavy atom. The Kier molecular flexibility index (Phi) is 10.7. The summed E-state index contributed by atoms with van der Waals surface area (Å²) in [5, 5.41) is 0. The summed E-state index contributed by atoms with van der Waals surface area (Å²) in [5.41, 5.74) is -0.432. The van der Waals surface area contributed by atoms with E-state index in [0.29, 0.717) is 6.54 Å². The fourth-order valence-electron chi connectivity index (χ4n) is 1.17. The molecule has 108 valence electrons. The summed E-state index contributed by atoms with van der Waals surface area (Å²) >= 11 is 0. The number of ether oxygens (including phenoxy) is 1. The summed E-state index contributed by atoms with van der Waals surface area (Å²) in [4.78, 5) is 13.6. The van der Waals surface area contributed by atoms with Gasteiger partial charge >= 0.3 is 6.09 Å². The Labute approximate surface area is 113 Å². The third-order valence-electron chi connectivity index (χ3n) is 1.96. The average Bonchev–Trinajstić information content (AvgIpc) is 2.24. The van der Waals surface area contributed by atoms with Crippen LogP contribution in [0.4, 0.5) is 4.79 Å². The van der Waals surface area contributed by atoms with E-state index in [1.807, 2.05) is 54.5 Å². The second-order valence-electron chi connectivity index (χ2n) is 5.11. The Balaban J connectivity index is 0. The highest BCUT2D eigenvalue weighted by molar-refractivity contribution is 5.68. The minimum absolute atomic E-state index is 0.149. The zero-order valence-electron chi connectivity index (χ0n) is 13.4. The van der Waals surface area contributed by atoms with Gasteiger partial charge in [0.2, 0.25) is 0 Å². The quantitative estimate of drug-likeness (QED) is 0.687. The number of amides is 1. The lowest BCUT2D eigenvalue weighted by atomic mass is 10.2. The van der Waals surface area contributed by atoms with Gasteiger partial charge in [0.15, 0.2) is 0 Å². The van der Waals surface area contributed by atoms with Crippen LogP contribution in [0.5, 0.6) is 0 Å². The van der Waals surface area contributed by atoms with Gasteiger partial charge in [-0.05, 0) is 41.0 Å². The molecule has 1 amide bonds. The molecule has 3 heteroatoms. The minimum Gasteiger partial charge on any atom is -0.444 e. The van der Waals surface area contributed by atoms with Crippen LogP contribution in [0.15, 0.2) is 12.2 Å². The number of hydrogen-bond acceptors (Lipinski definition) is 2. The van der Waals surface area contributed by atoms with E-state index in [2.05, 4.69) is 13.0 Å². The molecule has 0 atom stereocenters. The third kappa shape index (κ3) is 10.2. The molecule has 3 nitrogen and oxygen atoms in total. The first-order valence-corrected chi connectivity index (χ1v) is 6.92. The van der Waals surface area contributed by atoms with Gasteiger partial charge < -0.3 is 9.64 Å². The summed E-state index contributed by atoms with van der Waals surface area (Å²) in [5.74, 6) is 0. The molecule has 18 heavy (non-hydrogen) atoms. The zero-order valence-corrected chi connectivity index (χ0v) is 13.4. The zero-order chi connectivity index (χ0) is 14.8. The summed E-state index contributed by atoms with van der Waals surface area (Å²) < 4.78 is 5.34. The van der Waals surface area contributed by atoms with Crippen LogP contribution < -0.4 is 0 Å². The maximum atomic E-state index is 11.9. The van der Waals surface area contributed by atoms with Gasteiger partial charge in [-0.2, -0.15) is 0 Å². The van der Waals surface area contributed by atoms with Gasteiger partial charge in [0.05, 0.1) is 0 Å². The van der Waals surface area contributed by atoms with Crippen molar-refractivity contribution in [2.75, 3.05) is 6.54 Å². The predicted molar refractivity (Wildman–Crippen MR) is 78.9 cm³/mol. The normalized spacial score (nSPS) is 11.2. The lowest BCUT2D eigenvalue weighted by Gasteiger charge is -2.29. The summed E-state index contributed by atoms with van der Waals surface area (Å²) in [6, 6.07) is 0.149. The minimum atomic E-state index is -0.432. The van der Waals surface area contributed by atoms with E-state index in [1.54, 1.807) is 4.90 Å². The molecular formula is C15H31NO2. The average molecular weight is 257 g/mol. The molecule has 0 radical (unpaired) electrons. The Bertz CT molecular complexity index is 239. The third-order valence-corrected chi connectivity index (χ3v) is 1.96. The highest BCUT2D eigenvalue weighted by Gasteiger charge is 2.22. The summed E-state index contributed by atoms with van der Waals surface area (Å²) in [6.07, 6.45) is 4.80. The predicted octanol–water partition coefficient (Wildman–Crippen LogP) is 4.62. The van der Waals surface area contributed by atoms with Crippen LogP contribution in [0.1, 0.15) is 61.8 Å². The van der Waals surface area contributed by atoms with Crippen LogP contribution >= 0.6 is 0 Å². The monoisotopic (exact) mass is 257 g/mol. The fourth-order valence-corrected chi connectivity index (χ4v) is 1.17. The number of nitrogens with zero attached hydrogens (tertiary/aromatic N) is 1. The van der Waals surface area contributed by atoms with E-state index in [-0.39, 0.29) is 12.1 Å². The number of carbonyl (C=O) groups excluding carboxylic acids is 1. The van der Waals surface area contributed by atoms with Crippen LogP contribution in [0, 0.1) is 0 Å². The fraction of sp³-hybridized carbons (Fsp3) is 0.800. The molecule has 0 aromatic heterocycles. The van der Waals surface area contributed by atoms with Crippen LogP contribution in [-0.4, -0.2) is 29.2 Å². The van der Waals surface area contributed by atoms with E-state index >= 15 is 0 Å². The molecule has 0 saturated heterocycles. The molecular weight excluding hydrogens is 226 g/mol. The number of carbonyl (C=O) groups is 1. The lowest BCUT2D eigenvalue weighted by molar-refractivity contribution is 0.0217. The van der Waals surface area contributed by atoms with Crippen molar-refractivity contribution < 1.29 is 9.53 Å². The van der Waals surface area contributed by atoms with E-state index in [9.17, 15) is 4.79 Å². The van der Waals surface area contributed by atoms with E-state index in [0.717, 1.165) is 6.42 Å². The van der Waals surface area contributed by atoms with Gasteiger partial charge in [-0.1, -0.05) is 32.9 Å². The molecule has 0 N–H and O–H groups in total. The number of allylic oxidation sites excluding steroid dienone is 1. The van der Waals surface area contributed by atoms with Crippen molar-refractivity contribution in [2.45, 2.75) is 73.5 Å². The number of rotatable bonds is 4. The van der Waals surface area contributed by atoms with Crippen LogP contribution in [0.25, 0.3) is 0 Å². The van der Waals surface area contributed by atoms with Crippen molar-refractivity contribution in [3.05, 3.63) is 12.2 Å². The largest absolute Gasteiger partial charge is 0.444 e. The van der Waals surface area contributed by atoms with Crippen molar-refractivity contribution >= 4 is 6.09 Å². The van der Waals surface area contributed by atoms with Crippen LogP contribution in [-0.2, 0) is 4.74 Å². The van der Waals surface area contributed by atoms with Gasteiger partial charge in [0.1, 0.15) is 5.60 Å². The van der Waals surface area contributed by atoms with Gasteiger partial charge in [-0.3, -0.25) is 0 Å². The SMILES string of the molecule is CC.CCC=CCN(C(=O)OC(C)(C)C)C(C)C. The Morgan fingerprint density at radius 1 is 1.22 bits per heavy atom. The van der Waals surface area contributed by atoms with Crippen molar-refractivity contribution in [3.63, 3.8) is 0 Å². The first-order chi connectivity index (χ1) is 8.28. The number of hydrogen-bond donors (Lipinski definition) is 0. The van der Waals surface area contributed by atoms with Crippen LogP contribution in [0.3, 0.4) is 0 Å². The molecule has 0 spiro atoms. The second kappa shape index (κ2) is 9.98. The first kappa shape index (κ1) is 19.4. The molecule has 0 aliphatic rings. The Hall–Kier alpha value is -0.990. The molecule has 0 bridgehead atoms. The molecule has 0 aliphatic heterocycles. The molecule has 0 aliphatic carbocycles. The summed E-state index contributed by atoms with van der Waals surface area (Å²) in [7, 11) is 0. The molecule has 0 aromatic rings. The standard InChI is InChI=1S/C13H25NO2.C2H6/c1-7-8-9-10-14(11(2)3)12(15)16-13(4,5)6;1-2/h8-9,11H,7,10H2,1-6H3;1-2H3. The van der Waals surface area contributed by atoms with Gasteiger partial charge in [-0.25, -0.2) is 4.79 Å². The van der Waals surface area contributed by atoms with E-state index in [4.69, 9.17) is 4.74 Å². The maximum Gasteiger partial charge on any atom is 0.410 e. The molecule has 0 rings (SSSR count). The summed E-state index contributed by atoms with van der Waals surface area (Å²) in [6.45, 7) is 16.3. The molecule has 0 heterocycles. The van der Waals surface area contributed by atoms with E-state index in [1.165, 1.54) is 0 Å². The first-order valence-electron chi connectivity index (χ1n) is 6.92.